The summed E-state index contributed by atoms with van der Waals surface area (Å²) in [5, 5.41) is 0.907. The predicted molar refractivity (Wildman–Crippen MR) is 77.6 cm³/mol. The van der Waals surface area contributed by atoms with Crippen LogP contribution in [0.5, 0.6) is 0 Å². The summed E-state index contributed by atoms with van der Waals surface area (Å²) in [6.07, 6.45) is 0.437. The molecule has 3 N–H and O–H groups in total. The molecule has 6 heteroatoms. The number of pyridine rings is 1. The molecule has 5 nitrogen and oxygen atoms in total. The molecule has 0 radical (unpaired) electrons. The van der Waals surface area contributed by atoms with Gasteiger partial charge in [-0.05, 0) is 32.0 Å². The highest BCUT2D eigenvalue weighted by Gasteiger charge is 2.12. The molecular formula is C13H17N3O2S. The van der Waals surface area contributed by atoms with Crippen LogP contribution >= 0.6 is 0 Å². The van der Waals surface area contributed by atoms with Gasteiger partial charge in [-0.2, -0.15) is 0 Å². The first-order valence-electron chi connectivity index (χ1n) is 6.09. The molecule has 0 saturated carbocycles. The van der Waals surface area contributed by atoms with E-state index in [1.807, 2.05) is 25.1 Å². The van der Waals surface area contributed by atoms with Gasteiger partial charge in [0.1, 0.15) is 0 Å². The minimum Gasteiger partial charge on any atom is -0.330 e. The van der Waals surface area contributed by atoms with Gasteiger partial charge in [-0.15, -0.1) is 0 Å². The van der Waals surface area contributed by atoms with E-state index in [0.717, 1.165) is 11.1 Å². The Labute approximate surface area is 112 Å². The second-order valence-corrected chi connectivity index (χ2v) is 6.23. The van der Waals surface area contributed by atoms with Crippen molar-refractivity contribution in [1.29, 1.82) is 0 Å². The summed E-state index contributed by atoms with van der Waals surface area (Å²) >= 11 is 0. The van der Waals surface area contributed by atoms with E-state index in [9.17, 15) is 8.42 Å². The number of rotatable bonds is 5. The summed E-state index contributed by atoms with van der Waals surface area (Å²) in [5.74, 6) is 0.0195. The maximum absolute atomic E-state index is 11.9. The van der Waals surface area contributed by atoms with Crippen molar-refractivity contribution < 1.29 is 8.42 Å². The van der Waals surface area contributed by atoms with E-state index in [4.69, 9.17) is 5.73 Å². The number of hydrogen-bond donors (Lipinski definition) is 2. The molecule has 0 fully saturated rings. The van der Waals surface area contributed by atoms with Crippen molar-refractivity contribution in [3.8, 4) is 0 Å². The molecule has 2 rings (SSSR count). The van der Waals surface area contributed by atoms with E-state index >= 15 is 0 Å². The molecule has 0 aliphatic rings. The van der Waals surface area contributed by atoms with Crippen molar-refractivity contribution in [2.24, 2.45) is 5.73 Å². The van der Waals surface area contributed by atoms with Crippen LogP contribution in [0.2, 0.25) is 0 Å². The van der Waals surface area contributed by atoms with Crippen LogP contribution < -0.4 is 10.5 Å². The zero-order chi connectivity index (χ0) is 13.9. The molecule has 0 atom stereocenters. The fraction of sp³-hybridized carbons (Fsp3) is 0.308. The Bertz CT molecular complexity index is 683. The fourth-order valence-electron chi connectivity index (χ4n) is 1.82. The summed E-state index contributed by atoms with van der Waals surface area (Å²) in [4.78, 5) is 4.39. The van der Waals surface area contributed by atoms with E-state index in [2.05, 4.69) is 9.71 Å². The Morgan fingerprint density at radius 2 is 2.05 bits per heavy atom. The third kappa shape index (κ3) is 3.42. The smallest absolute Gasteiger partial charge is 0.232 e. The Hall–Kier alpha value is -1.66. The zero-order valence-electron chi connectivity index (χ0n) is 10.8. The second-order valence-electron chi connectivity index (χ2n) is 4.39. The van der Waals surface area contributed by atoms with Gasteiger partial charge >= 0.3 is 0 Å². The summed E-state index contributed by atoms with van der Waals surface area (Å²) in [6, 6.07) is 9.25. The standard InChI is InChI=1S/C13H17N3O2S/c1-10-6-7-11-4-2-5-12(13(11)15-10)16-19(17,18)9-3-8-14/h2,4-7,16H,3,8-9,14H2,1H3. The van der Waals surface area contributed by atoms with Crippen LogP contribution in [0.25, 0.3) is 10.9 Å². The van der Waals surface area contributed by atoms with Crippen molar-refractivity contribution >= 4 is 26.6 Å². The minimum absolute atomic E-state index is 0.0195. The van der Waals surface area contributed by atoms with E-state index < -0.39 is 10.0 Å². The number of anilines is 1. The molecule has 0 saturated heterocycles. The highest BCUT2D eigenvalue weighted by molar-refractivity contribution is 7.92. The molecule has 1 heterocycles. The van der Waals surface area contributed by atoms with Crippen molar-refractivity contribution in [2.45, 2.75) is 13.3 Å². The summed E-state index contributed by atoms with van der Waals surface area (Å²) in [5.41, 5.74) is 7.36. The van der Waals surface area contributed by atoms with Gasteiger partial charge in [-0.3, -0.25) is 9.71 Å². The van der Waals surface area contributed by atoms with Crippen LogP contribution in [0.3, 0.4) is 0 Å². The normalized spacial score (nSPS) is 11.7. The van der Waals surface area contributed by atoms with Gasteiger partial charge in [0.15, 0.2) is 0 Å². The van der Waals surface area contributed by atoms with Crippen molar-refractivity contribution in [3.63, 3.8) is 0 Å². The maximum atomic E-state index is 11.9. The summed E-state index contributed by atoms with van der Waals surface area (Å²) in [7, 11) is -3.37. The molecular weight excluding hydrogens is 262 g/mol. The largest absolute Gasteiger partial charge is 0.330 e. The van der Waals surface area contributed by atoms with E-state index in [1.54, 1.807) is 12.1 Å². The van der Waals surface area contributed by atoms with E-state index in [1.165, 1.54) is 0 Å². The van der Waals surface area contributed by atoms with Crippen LogP contribution in [-0.2, 0) is 10.0 Å². The lowest BCUT2D eigenvalue weighted by Crippen LogP contribution is -2.19. The van der Waals surface area contributed by atoms with Crippen LogP contribution in [0.1, 0.15) is 12.1 Å². The maximum Gasteiger partial charge on any atom is 0.232 e. The number of aryl methyl sites for hydroxylation is 1. The highest BCUT2D eigenvalue weighted by atomic mass is 32.2. The molecule has 0 aliphatic carbocycles. The van der Waals surface area contributed by atoms with Gasteiger partial charge in [0.25, 0.3) is 0 Å². The molecule has 2 aromatic rings. The Balaban J connectivity index is 2.38. The Kier molecular flexibility index (Phi) is 4.01. The van der Waals surface area contributed by atoms with Crippen molar-refractivity contribution in [3.05, 3.63) is 36.0 Å². The van der Waals surface area contributed by atoms with Gasteiger partial charge in [-0.1, -0.05) is 18.2 Å². The van der Waals surface area contributed by atoms with Crippen LogP contribution in [0.4, 0.5) is 5.69 Å². The molecule has 19 heavy (non-hydrogen) atoms. The lowest BCUT2D eigenvalue weighted by molar-refractivity contribution is 0.599. The number of nitrogens with zero attached hydrogens (tertiary/aromatic N) is 1. The topological polar surface area (TPSA) is 85.1 Å². The number of nitrogens with two attached hydrogens (primary N) is 1. The average Bonchev–Trinajstić information content (AvgIpc) is 2.37. The number of nitrogens with one attached hydrogen (secondary N) is 1. The number of sulfonamides is 1. The van der Waals surface area contributed by atoms with Gasteiger partial charge < -0.3 is 5.73 Å². The lowest BCUT2D eigenvalue weighted by atomic mass is 10.2. The van der Waals surface area contributed by atoms with Gasteiger partial charge in [0.05, 0.1) is 17.0 Å². The molecule has 0 spiro atoms. The summed E-state index contributed by atoms with van der Waals surface area (Å²) in [6.45, 7) is 2.23. The van der Waals surface area contributed by atoms with E-state index in [0.29, 0.717) is 24.2 Å². The van der Waals surface area contributed by atoms with Crippen LogP contribution in [0, 0.1) is 6.92 Å². The monoisotopic (exact) mass is 279 g/mol. The van der Waals surface area contributed by atoms with Crippen LogP contribution in [-0.4, -0.2) is 25.7 Å². The number of aromatic nitrogens is 1. The first-order valence-corrected chi connectivity index (χ1v) is 7.74. The highest BCUT2D eigenvalue weighted by Crippen LogP contribution is 2.22. The fourth-order valence-corrected chi connectivity index (χ4v) is 2.97. The van der Waals surface area contributed by atoms with Crippen LogP contribution in [0.15, 0.2) is 30.3 Å². The molecule has 0 amide bonds. The van der Waals surface area contributed by atoms with E-state index in [-0.39, 0.29) is 5.75 Å². The third-order valence-electron chi connectivity index (χ3n) is 2.74. The molecule has 0 aliphatic heterocycles. The van der Waals surface area contributed by atoms with Crippen molar-refractivity contribution in [2.75, 3.05) is 17.0 Å². The predicted octanol–water partition coefficient (Wildman–Crippen LogP) is 1.63. The number of benzene rings is 1. The number of fused-ring (bicyclic) bond motifs is 1. The van der Waals surface area contributed by atoms with Crippen molar-refractivity contribution in [1.82, 2.24) is 4.98 Å². The van der Waals surface area contributed by atoms with Gasteiger partial charge in [-0.25, -0.2) is 8.42 Å². The molecule has 102 valence electrons. The average molecular weight is 279 g/mol. The van der Waals surface area contributed by atoms with Gasteiger partial charge in [0, 0.05) is 11.1 Å². The second kappa shape index (κ2) is 5.54. The Morgan fingerprint density at radius 1 is 1.26 bits per heavy atom. The zero-order valence-corrected chi connectivity index (χ0v) is 11.6. The molecule has 1 aromatic heterocycles. The lowest BCUT2D eigenvalue weighted by Gasteiger charge is -2.10. The number of para-hydroxylation sites is 1. The molecule has 0 unspecified atom stereocenters. The quantitative estimate of drug-likeness (QED) is 0.871. The first-order chi connectivity index (χ1) is 9.02. The SMILES string of the molecule is Cc1ccc2cccc(NS(=O)(=O)CCCN)c2n1. The molecule has 0 bridgehead atoms. The number of hydrogen-bond acceptors (Lipinski definition) is 4. The van der Waals surface area contributed by atoms with Gasteiger partial charge in [0.2, 0.25) is 10.0 Å². The summed E-state index contributed by atoms with van der Waals surface area (Å²) < 4.78 is 26.4. The minimum atomic E-state index is -3.37. The third-order valence-corrected chi connectivity index (χ3v) is 4.10. The first kappa shape index (κ1) is 13.8. The Morgan fingerprint density at radius 3 is 2.79 bits per heavy atom. The molecule has 1 aromatic carbocycles.